The molecule has 0 bridgehead atoms. The molecule has 1 atom stereocenters. The molecule has 2 nitrogen and oxygen atoms in total. The molecule has 0 fully saturated rings. The fourth-order valence-corrected chi connectivity index (χ4v) is 3.25. The van der Waals surface area contributed by atoms with E-state index in [0.717, 1.165) is 0 Å². The minimum Gasteiger partial charge on any atom is -0.392 e. The van der Waals surface area contributed by atoms with Crippen LogP contribution < -0.4 is 5.32 Å². The molecule has 16 heavy (non-hydrogen) atoms. The Bertz CT molecular complexity index is 360. The van der Waals surface area contributed by atoms with Crippen LogP contribution in [0.15, 0.2) is 35.0 Å². The maximum Gasteiger partial charge on any atom is 0.0765 e. The maximum absolute atomic E-state index is 9.34. The molecule has 86 valence electrons. The third kappa shape index (κ3) is 2.92. The van der Waals surface area contributed by atoms with E-state index in [9.17, 15) is 5.11 Å². The van der Waals surface area contributed by atoms with Crippen molar-refractivity contribution < 1.29 is 5.11 Å². The lowest BCUT2D eigenvalue weighted by molar-refractivity contribution is 0.188. The summed E-state index contributed by atoms with van der Waals surface area (Å²) < 4.78 is 0. The second-order valence-corrected chi connectivity index (χ2v) is 5.68. The molecule has 2 aromatic rings. The summed E-state index contributed by atoms with van der Waals surface area (Å²) in [6.45, 7) is 2.41. The normalized spacial score (nSPS) is 13.2. The lowest BCUT2D eigenvalue weighted by Crippen LogP contribution is -2.28. The largest absolute Gasteiger partial charge is 0.392 e. The number of rotatable bonds is 5. The van der Waals surface area contributed by atoms with Gasteiger partial charge >= 0.3 is 0 Å². The van der Waals surface area contributed by atoms with Gasteiger partial charge in [-0.05, 0) is 29.8 Å². The first-order chi connectivity index (χ1) is 7.77. The Morgan fingerprint density at radius 1 is 1.19 bits per heavy atom. The lowest BCUT2D eigenvalue weighted by atomic mass is 10.2. The number of nitrogens with one attached hydrogen (secondary N) is 1. The van der Waals surface area contributed by atoms with E-state index < -0.39 is 0 Å². The molecule has 2 heterocycles. The van der Waals surface area contributed by atoms with Gasteiger partial charge in [-0.25, -0.2) is 0 Å². The molecule has 0 aliphatic heterocycles. The predicted octanol–water partition coefficient (Wildman–Crippen LogP) is 2.87. The van der Waals surface area contributed by atoms with Crippen LogP contribution in [-0.2, 0) is 0 Å². The van der Waals surface area contributed by atoms with Gasteiger partial charge in [0, 0.05) is 16.3 Å². The van der Waals surface area contributed by atoms with Gasteiger partial charge in [0.15, 0.2) is 0 Å². The monoisotopic (exact) mass is 253 g/mol. The molecule has 2 aromatic heterocycles. The Kier molecular flexibility index (Phi) is 4.12. The van der Waals surface area contributed by atoms with Crippen molar-refractivity contribution in [2.75, 3.05) is 6.54 Å². The topological polar surface area (TPSA) is 32.3 Å². The van der Waals surface area contributed by atoms with Gasteiger partial charge in [0.2, 0.25) is 0 Å². The highest BCUT2D eigenvalue weighted by atomic mass is 32.1. The minimum absolute atomic E-state index is 0.217. The van der Waals surface area contributed by atoms with Gasteiger partial charge < -0.3 is 10.4 Å². The first-order valence-electron chi connectivity index (χ1n) is 5.25. The van der Waals surface area contributed by atoms with E-state index in [2.05, 4.69) is 40.3 Å². The van der Waals surface area contributed by atoms with Crippen LogP contribution >= 0.6 is 22.7 Å². The minimum atomic E-state index is -0.317. The number of hydrogen-bond acceptors (Lipinski definition) is 4. The van der Waals surface area contributed by atoms with E-state index in [-0.39, 0.29) is 12.1 Å². The first-order valence-corrected chi connectivity index (χ1v) is 7.01. The van der Waals surface area contributed by atoms with Crippen molar-refractivity contribution in [2.45, 2.75) is 19.1 Å². The summed E-state index contributed by atoms with van der Waals surface area (Å²) in [6, 6.07) is 8.60. The molecule has 1 unspecified atom stereocenters. The summed E-state index contributed by atoms with van der Waals surface area (Å²) in [5.74, 6) is 0. The van der Waals surface area contributed by atoms with E-state index in [1.807, 2.05) is 0 Å². The molecule has 0 aliphatic rings. The van der Waals surface area contributed by atoms with Crippen molar-refractivity contribution in [1.82, 2.24) is 5.32 Å². The van der Waals surface area contributed by atoms with Crippen LogP contribution in [0.2, 0.25) is 0 Å². The molecule has 0 aromatic carbocycles. The quantitative estimate of drug-likeness (QED) is 0.859. The molecule has 2 rings (SSSR count). The van der Waals surface area contributed by atoms with Crippen molar-refractivity contribution in [3.63, 3.8) is 0 Å². The van der Waals surface area contributed by atoms with E-state index in [0.29, 0.717) is 6.54 Å². The Labute approximate surface area is 104 Å². The van der Waals surface area contributed by atoms with Crippen molar-refractivity contribution >= 4 is 22.7 Å². The van der Waals surface area contributed by atoms with Crippen molar-refractivity contribution in [3.8, 4) is 0 Å². The van der Waals surface area contributed by atoms with Crippen molar-refractivity contribution in [3.05, 3.63) is 44.8 Å². The summed E-state index contributed by atoms with van der Waals surface area (Å²) >= 11 is 3.49. The number of aliphatic hydroxyl groups excluding tert-OH is 1. The van der Waals surface area contributed by atoms with Gasteiger partial charge in [0.1, 0.15) is 0 Å². The molecule has 0 amide bonds. The maximum atomic E-state index is 9.34. The lowest BCUT2D eigenvalue weighted by Gasteiger charge is -2.17. The highest BCUT2D eigenvalue weighted by Gasteiger charge is 2.15. The summed E-state index contributed by atoms with van der Waals surface area (Å²) in [6.07, 6.45) is -0.317. The number of thiophene rings is 2. The molecule has 0 spiro atoms. The van der Waals surface area contributed by atoms with Crippen LogP contribution in [0.4, 0.5) is 0 Å². The zero-order valence-corrected chi connectivity index (χ0v) is 10.7. The van der Waals surface area contributed by atoms with E-state index in [4.69, 9.17) is 0 Å². The summed E-state index contributed by atoms with van der Waals surface area (Å²) in [5, 5.41) is 16.9. The average Bonchev–Trinajstić information content (AvgIpc) is 2.88. The molecular weight excluding hydrogens is 238 g/mol. The van der Waals surface area contributed by atoms with Crippen LogP contribution in [0.3, 0.4) is 0 Å². The summed E-state index contributed by atoms with van der Waals surface area (Å²) in [4.78, 5) is 2.59. The Morgan fingerprint density at radius 2 is 1.75 bits per heavy atom. The fourth-order valence-electron chi connectivity index (χ4n) is 1.54. The van der Waals surface area contributed by atoms with Gasteiger partial charge in [-0.3, -0.25) is 0 Å². The number of aliphatic hydroxyl groups is 1. The third-order valence-corrected chi connectivity index (χ3v) is 4.15. The second-order valence-electron chi connectivity index (χ2n) is 3.72. The Hall–Kier alpha value is -0.680. The van der Waals surface area contributed by atoms with E-state index in [1.165, 1.54) is 9.75 Å². The molecule has 0 saturated carbocycles. The van der Waals surface area contributed by atoms with Crippen LogP contribution in [0.5, 0.6) is 0 Å². The Balaban J connectivity index is 2.14. The molecule has 0 radical (unpaired) electrons. The zero-order valence-electron chi connectivity index (χ0n) is 9.09. The van der Waals surface area contributed by atoms with Crippen LogP contribution in [0.25, 0.3) is 0 Å². The van der Waals surface area contributed by atoms with E-state index >= 15 is 0 Å². The molecule has 0 aliphatic carbocycles. The third-order valence-electron chi connectivity index (χ3n) is 2.27. The second kappa shape index (κ2) is 5.59. The fraction of sp³-hybridized carbons (Fsp3) is 0.333. The molecule has 2 N–H and O–H groups in total. The first kappa shape index (κ1) is 11.8. The average molecular weight is 253 g/mol. The SMILES string of the molecule is CC(O)CNC(c1cccs1)c1cccs1. The molecule has 0 saturated heterocycles. The van der Waals surface area contributed by atoms with Gasteiger partial charge in [0.25, 0.3) is 0 Å². The van der Waals surface area contributed by atoms with Crippen LogP contribution in [-0.4, -0.2) is 17.8 Å². The van der Waals surface area contributed by atoms with Crippen LogP contribution in [0, 0.1) is 0 Å². The standard InChI is InChI=1S/C12H15NOS2/c1-9(14)8-13-12(10-4-2-6-15-10)11-5-3-7-16-11/h2-7,9,12-14H,8H2,1H3. The van der Waals surface area contributed by atoms with Gasteiger partial charge in [-0.2, -0.15) is 0 Å². The molecule has 4 heteroatoms. The Morgan fingerprint density at radius 3 is 2.12 bits per heavy atom. The van der Waals surface area contributed by atoms with E-state index in [1.54, 1.807) is 29.6 Å². The summed E-state index contributed by atoms with van der Waals surface area (Å²) in [7, 11) is 0. The van der Waals surface area contributed by atoms with Gasteiger partial charge in [-0.1, -0.05) is 12.1 Å². The highest BCUT2D eigenvalue weighted by Crippen LogP contribution is 2.28. The van der Waals surface area contributed by atoms with Crippen molar-refractivity contribution in [1.29, 1.82) is 0 Å². The zero-order chi connectivity index (χ0) is 11.4. The van der Waals surface area contributed by atoms with Crippen molar-refractivity contribution in [2.24, 2.45) is 0 Å². The number of hydrogen-bond donors (Lipinski definition) is 2. The summed E-state index contributed by atoms with van der Waals surface area (Å²) in [5.41, 5.74) is 0. The smallest absolute Gasteiger partial charge is 0.0765 e. The van der Waals surface area contributed by atoms with Gasteiger partial charge in [-0.15, -0.1) is 22.7 Å². The predicted molar refractivity (Wildman–Crippen MR) is 70.2 cm³/mol. The molecular formula is C12H15NOS2. The van der Waals surface area contributed by atoms with Crippen LogP contribution in [0.1, 0.15) is 22.7 Å². The van der Waals surface area contributed by atoms with Gasteiger partial charge in [0.05, 0.1) is 12.1 Å². The highest BCUT2D eigenvalue weighted by molar-refractivity contribution is 7.11.